The van der Waals surface area contributed by atoms with Gasteiger partial charge in [0.25, 0.3) is 5.91 Å². The smallest absolute Gasteiger partial charge is 0.358 e. The van der Waals surface area contributed by atoms with Crippen LogP contribution in [-0.2, 0) is 21.3 Å². The molecule has 0 atom stereocenters. The molecule has 1 aromatic heterocycles. The minimum Gasteiger partial charge on any atom is -0.461 e. The Balaban J connectivity index is 2.02. The number of nitrogens with one attached hydrogen (secondary N) is 1. The summed E-state index contributed by atoms with van der Waals surface area (Å²) in [6.45, 7) is 3.82. The number of carbonyl (C=O) groups is 2. The molecule has 0 fully saturated rings. The molecule has 0 saturated carbocycles. The zero-order chi connectivity index (χ0) is 22.6. The molecule has 2 aromatic carbocycles. The summed E-state index contributed by atoms with van der Waals surface area (Å²) < 4.78 is 30.0. The molecule has 0 unspecified atom stereocenters. The number of primary sulfonamides is 1. The van der Waals surface area contributed by atoms with Crippen LogP contribution in [-0.4, -0.2) is 36.7 Å². The highest BCUT2D eigenvalue weighted by atomic mass is 32.2. The maximum atomic E-state index is 13.0. The highest BCUT2D eigenvalue weighted by Gasteiger charge is 2.21. The number of carbonyl (C=O) groups excluding carboxylic acids is 2. The number of esters is 1. The summed E-state index contributed by atoms with van der Waals surface area (Å²) in [5, 5.41) is 12.2. The normalized spacial score (nSPS) is 11.2. The molecule has 31 heavy (non-hydrogen) atoms. The molecule has 0 bridgehead atoms. The van der Waals surface area contributed by atoms with Crippen LogP contribution in [0, 0.1) is 6.92 Å². The van der Waals surface area contributed by atoms with Crippen molar-refractivity contribution in [2.45, 2.75) is 25.3 Å². The van der Waals surface area contributed by atoms with Crippen LogP contribution in [0.15, 0.2) is 59.5 Å². The lowest BCUT2D eigenvalue weighted by atomic mass is 10.1. The average molecular weight is 442 g/mol. The molecule has 1 heterocycles. The van der Waals surface area contributed by atoms with Crippen molar-refractivity contribution in [2.24, 2.45) is 5.14 Å². The van der Waals surface area contributed by atoms with Crippen LogP contribution < -0.4 is 10.5 Å². The van der Waals surface area contributed by atoms with Crippen molar-refractivity contribution in [3.05, 3.63) is 77.1 Å². The minimum absolute atomic E-state index is 0.0454. The summed E-state index contributed by atoms with van der Waals surface area (Å²) in [7, 11) is -4.03. The molecule has 0 radical (unpaired) electrons. The van der Waals surface area contributed by atoms with E-state index in [2.05, 4.69) is 10.4 Å². The second kappa shape index (κ2) is 9.11. The lowest BCUT2D eigenvalue weighted by Gasteiger charge is -2.13. The van der Waals surface area contributed by atoms with Gasteiger partial charge >= 0.3 is 5.97 Å². The maximum Gasteiger partial charge on any atom is 0.358 e. The fourth-order valence-corrected chi connectivity index (χ4v) is 3.50. The quantitative estimate of drug-likeness (QED) is 0.537. The number of nitrogens with two attached hydrogens (primary N) is 1. The molecule has 1 amide bonds. The monoisotopic (exact) mass is 442 g/mol. The summed E-state index contributed by atoms with van der Waals surface area (Å²) in [6, 6.07) is 14.7. The number of ether oxygens (including phenoxy) is 1. The van der Waals surface area contributed by atoms with Gasteiger partial charge in [-0.3, -0.25) is 4.79 Å². The predicted octanol–water partition coefficient (Wildman–Crippen LogP) is 1.93. The van der Waals surface area contributed by atoms with Gasteiger partial charge in [0.1, 0.15) is 0 Å². The van der Waals surface area contributed by atoms with Crippen molar-refractivity contribution in [3.63, 3.8) is 0 Å². The molecule has 0 saturated heterocycles. The van der Waals surface area contributed by atoms with E-state index in [9.17, 15) is 18.0 Å². The zero-order valence-corrected chi connectivity index (χ0v) is 17.8. The summed E-state index contributed by atoms with van der Waals surface area (Å²) >= 11 is 0. The van der Waals surface area contributed by atoms with Gasteiger partial charge in [0.05, 0.1) is 22.8 Å². The SMILES string of the molecule is CCOC(=O)c1cc(C)n(-c2ccc(S(N)(=O)=O)cc2C(=O)NCc2ccccc2)n1. The molecular formula is C21H22N4O5S. The van der Waals surface area contributed by atoms with E-state index < -0.39 is 21.9 Å². The molecule has 0 aliphatic rings. The number of sulfonamides is 1. The largest absolute Gasteiger partial charge is 0.461 e. The molecule has 3 N–H and O–H groups in total. The average Bonchev–Trinajstić information content (AvgIpc) is 3.13. The van der Waals surface area contributed by atoms with E-state index in [-0.39, 0.29) is 29.3 Å². The highest BCUT2D eigenvalue weighted by molar-refractivity contribution is 7.89. The Hall–Kier alpha value is -3.50. The number of hydrogen-bond acceptors (Lipinski definition) is 6. The Morgan fingerprint density at radius 1 is 1.13 bits per heavy atom. The van der Waals surface area contributed by atoms with Crippen LogP contribution in [0.3, 0.4) is 0 Å². The van der Waals surface area contributed by atoms with Crippen LogP contribution in [0.1, 0.15) is 39.0 Å². The van der Waals surface area contributed by atoms with E-state index in [0.29, 0.717) is 11.4 Å². The first-order valence-electron chi connectivity index (χ1n) is 9.44. The van der Waals surface area contributed by atoms with E-state index in [1.54, 1.807) is 13.8 Å². The van der Waals surface area contributed by atoms with Gasteiger partial charge in [0.15, 0.2) is 5.69 Å². The van der Waals surface area contributed by atoms with Crippen molar-refractivity contribution in [2.75, 3.05) is 6.61 Å². The second-order valence-electron chi connectivity index (χ2n) is 6.70. The first kappa shape index (κ1) is 22.2. The van der Waals surface area contributed by atoms with E-state index in [4.69, 9.17) is 9.88 Å². The number of rotatable bonds is 7. The van der Waals surface area contributed by atoms with Crippen LogP contribution in [0.2, 0.25) is 0 Å². The Labute approximate surface area is 179 Å². The highest BCUT2D eigenvalue weighted by Crippen LogP contribution is 2.21. The molecule has 0 aliphatic carbocycles. The number of nitrogens with zero attached hydrogens (tertiary/aromatic N) is 2. The third kappa shape index (κ3) is 5.16. The van der Waals surface area contributed by atoms with Crippen molar-refractivity contribution < 1.29 is 22.7 Å². The number of aromatic nitrogens is 2. The fourth-order valence-electron chi connectivity index (χ4n) is 2.96. The van der Waals surface area contributed by atoms with E-state index in [1.807, 2.05) is 30.3 Å². The molecule has 10 heteroatoms. The summed E-state index contributed by atoms with van der Waals surface area (Å²) in [4.78, 5) is 24.8. The van der Waals surface area contributed by atoms with Gasteiger partial charge < -0.3 is 10.1 Å². The lowest BCUT2D eigenvalue weighted by molar-refractivity contribution is 0.0519. The Bertz CT molecular complexity index is 1220. The van der Waals surface area contributed by atoms with Crippen molar-refractivity contribution in [1.29, 1.82) is 0 Å². The van der Waals surface area contributed by atoms with Gasteiger partial charge in [-0.05, 0) is 43.7 Å². The first-order valence-corrected chi connectivity index (χ1v) is 11.0. The van der Waals surface area contributed by atoms with Crippen LogP contribution in [0.4, 0.5) is 0 Å². The first-order chi connectivity index (χ1) is 14.7. The minimum atomic E-state index is -4.03. The van der Waals surface area contributed by atoms with Gasteiger partial charge in [-0.1, -0.05) is 30.3 Å². The number of hydrogen-bond donors (Lipinski definition) is 2. The summed E-state index contributed by atoms with van der Waals surface area (Å²) in [5.74, 6) is -1.11. The molecule has 0 spiro atoms. The lowest BCUT2D eigenvalue weighted by Crippen LogP contribution is -2.25. The van der Waals surface area contributed by atoms with Crippen molar-refractivity contribution in [1.82, 2.24) is 15.1 Å². The third-order valence-corrected chi connectivity index (χ3v) is 5.35. The van der Waals surface area contributed by atoms with Crippen molar-refractivity contribution in [3.8, 4) is 5.69 Å². The Morgan fingerprint density at radius 3 is 2.48 bits per heavy atom. The standard InChI is InChI=1S/C21H22N4O5S/c1-3-30-21(27)18-11-14(2)25(24-18)19-10-9-16(31(22,28)29)12-17(19)20(26)23-13-15-7-5-4-6-8-15/h4-12H,3,13H2,1-2H3,(H,23,26)(H2,22,28,29). The summed E-state index contributed by atoms with van der Waals surface area (Å²) in [6.07, 6.45) is 0. The molecule has 9 nitrogen and oxygen atoms in total. The van der Waals surface area contributed by atoms with Crippen LogP contribution in [0.5, 0.6) is 0 Å². The van der Waals surface area contributed by atoms with E-state index in [0.717, 1.165) is 5.56 Å². The van der Waals surface area contributed by atoms with Crippen LogP contribution >= 0.6 is 0 Å². The molecule has 3 aromatic rings. The van der Waals surface area contributed by atoms with Gasteiger partial charge in [-0.25, -0.2) is 23.0 Å². The number of aryl methyl sites for hydroxylation is 1. The predicted molar refractivity (Wildman–Crippen MR) is 113 cm³/mol. The van der Waals surface area contributed by atoms with Crippen molar-refractivity contribution >= 4 is 21.9 Å². The molecule has 3 rings (SSSR count). The van der Waals surface area contributed by atoms with Gasteiger partial charge in [-0.15, -0.1) is 0 Å². The molecule has 162 valence electrons. The van der Waals surface area contributed by atoms with Gasteiger partial charge in [0.2, 0.25) is 10.0 Å². The van der Waals surface area contributed by atoms with Crippen LogP contribution in [0.25, 0.3) is 5.69 Å². The van der Waals surface area contributed by atoms with Gasteiger partial charge in [0, 0.05) is 12.2 Å². The van der Waals surface area contributed by atoms with Gasteiger partial charge in [-0.2, -0.15) is 5.10 Å². The fraction of sp³-hybridized carbons (Fsp3) is 0.190. The third-order valence-electron chi connectivity index (χ3n) is 4.44. The number of amides is 1. The van der Waals surface area contributed by atoms with E-state index >= 15 is 0 Å². The summed E-state index contributed by atoms with van der Waals surface area (Å²) in [5.41, 5.74) is 1.85. The molecular weight excluding hydrogens is 420 g/mol. The second-order valence-corrected chi connectivity index (χ2v) is 8.26. The topological polar surface area (TPSA) is 133 Å². The zero-order valence-electron chi connectivity index (χ0n) is 17.0. The maximum absolute atomic E-state index is 13.0. The number of benzene rings is 2. The Morgan fingerprint density at radius 2 is 1.84 bits per heavy atom. The Kier molecular flexibility index (Phi) is 6.52. The van der Waals surface area contributed by atoms with E-state index in [1.165, 1.54) is 28.9 Å². The molecule has 0 aliphatic heterocycles.